The zero-order valence-corrected chi connectivity index (χ0v) is 10.7. The highest BCUT2D eigenvalue weighted by Gasteiger charge is 2.13. The third-order valence-electron chi connectivity index (χ3n) is 2.56. The highest BCUT2D eigenvalue weighted by Crippen LogP contribution is 2.23. The smallest absolute Gasteiger partial charge is 0.146 e. The van der Waals surface area contributed by atoms with Crippen molar-refractivity contribution >= 4 is 5.69 Å². The van der Waals surface area contributed by atoms with E-state index in [1.165, 1.54) is 6.07 Å². The molecule has 17 heavy (non-hydrogen) atoms. The van der Waals surface area contributed by atoms with E-state index in [9.17, 15) is 9.50 Å². The van der Waals surface area contributed by atoms with Crippen LogP contribution in [0, 0.1) is 5.82 Å². The molecule has 0 fully saturated rings. The van der Waals surface area contributed by atoms with Gasteiger partial charge in [0.25, 0.3) is 0 Å². The molecule has 0 amide bonds. The molecule has 2 N–H and O–H groups in total. The van der Waals surface area contributed by atoms with E-state index in [0.717, 1.165) is 12.1 Å². The van der Waals surface area contributed by atoms with Crippen molar-refractivity contribution in [2.75, 3.05) is 25.0 Å². The summed E-state index contributed by atoms with van der Waals surface area (Å²) in [6, 6.07) is 5.06. The van der Waals surface area contributed by atoms with E-state index in [4.69, 9.17) is 0 Å². The fourth-order valence-corrected chi connectivity index (χ4v) is 1.88. The van der Waals surface area contributed by atoms with E-state index in [0.29, 0.717) is 18.8 Å². The van der Waals surface area contributed by atoms with Gasteiger partial charge in [-0.1, -0.05) is 19.1 Å². The first-order valence-electron chi connectivity index (χ1n) is 5.93. The number of nitrogens with one attached hydrogen (secondary N) is 1. The van der Waals surface area contributed by atoms with Crippen LogP contribution in [0.2, 0.25) is 0 Å². The third kappa shape index (κ3) is 3.98. The second-order valence-corrected chi connectivity index (χ2v) is 4.26. The monoisotopic (exact) mass is 240 g/mol. The SMILES string of the molecule is CCNCc1cccc(F)c1N(C)CC(C)O. The van der Waals surface area contributed by atoms with E-state index >= 15 is 0 Å². The lowest BCUT2D eigenvalue weighted by atomic mass is 10.1. The summed E-state index contributed by atoms with van der Waals surface area (Å²) in [5.74, 6) is -0.247. The summed E-state index contributed by atoms with van der Waals surface area (Å²) in [7, 11) is 1.79. The van der Waals surface area contributed by atoms with E-state index in [1.807, 2.05) is 13.0 Å². The molecule has 1 unspecified atom stereocenters. The summed E-state index contributed by atoms with van der Waals surface area (Å²) in [6.45, 7) is 5.60. The van der Waals surface area contributed by atoms with E-state index in [1.54, 1.807) is 24.9 Å². The lowest BCUT2D eigenvalue weighted by Crippen LogP contribution is -2.29. The second-order valence-electron chi connectivity index (χ2n) is 4.26. The van der Waals surface area contributed by atoms with Gasteiger partial charge in [-0.25, -0.2) is 4.39 Å². The summed E-state index contributed by atoms with van der Waals surface area (Å²) in [4.78, 5) is 1.76. The summed E-state index contributed by atoms with van der Waals surface area (Å²) < 4.78 is 13.8. The maximum atomic E-state index is 13.8. The number of benzene rings is 1. The van der Waals surface area contributed by atoms with Gasteiger partial charge in [0, 0.05) is 20.1 Å². The van der Waals surface area contributed by atoms with Crippen molar-refractivity contribution in [1.82, 2.24) is 5.32 Å². The topological polar surface area (TPSA) is 35.5 Å². The molecule has 1 aromatic rings. The van der Waals surface area contributed by atoms with Crippen LogP contribution in [-0.2, 0) is 6.54 Å². The third-order valence-corrected chi connectivity index (χ3v) is 2.56. The van der Waals surface area contributed by atoms with Crippen LogP contribution in [0.5, 0.6) is 0 Å². The van der Waals surface area contributed by atoms with Crippen molar-refractivity contribution in [3.8, 4) is 0 Å². The minimum atomic E-state index is -0.480. The minimum Gasteiger partial charge on any atom is -0.392 e. The molecule has 0 bridgehead atoms. The number of halogens is 1. The molecule has 4 heteroatoms. The van der Waals surface area contributed by atoms with Gasteiger partial charge in [0.2, 0.25) is 0 Å². The first-order valence-corrected chi connectivity index (χ1v) is 5.93. The summed E-state index contributed by atoms with van der Waals surface area (Å²) in [5.41, 5.74) is 1.48. The number of rotatable bonds is 6. The van der Waals surface area contributed by atoms with Crippen LogP contribution in [0.25, 0.3) is 0 Å². The molecule has 1 atom stereocenters. The number of hydrogen-bond acceptors (Lipinski definition) is 3. The Kier molecular flexibility index (Phi) is 5.38. The molecule has 0 radical (unpaired) electrons. The van der Waals surface area contributed by atoms with Crippen LogP contribution in [-0.4, -0.2) is 31.3 Å². The van der Waals surface area contributed by atoms with Crippen LogP contribution in [0.4, 0.5) is 10.1 Å². The first kappa shape index (κ1) is 13.9. The molecule has 0 aliphatic carbocycles. The maximum Gasteiger partial charge on any atom is 0.146 e. The summed E-state index contributed by atoms with van der Waals surface area (Å²) in [5, 5.41) is 12.5. The Hall–Kier alpha value is -1.13. The predicted octanol–water partition coefficient (Wildman–Crippen LogP) is 1.75. The minimum absolute atomic E-state index is 0.247. The summed E-state index contributed by atoms with van der Waals surface area (Å²) >= 11 is 0. The zero-order valence-electron chi connectivity index (χ0n) is 10.7. The quantitative estimate of drug-likeness (QED) is 0.795. The van der Waals surface area contributed by atoms with Crippen LogP contribution in [0.15, 0.2) is 18.2 Å². The van der Waals surface area contributed by atoms with E-state index in [2.05, 4.69) is 5.32 Å². The van der Waals surface area contributed by atoms with Crippen molar-refractivity contribution in [3.63, 3.8) is 0 Å². The number of aliphatic hydroxyl groups excluding tert-OH is 1. The van der Waals surface area contributed by atoms with Gasteiger partial charge in [0.15, 0.2) is 0 Å². The molecule has 0 saturated carbocycles. The number of hydrogen-bond donors (Lipinski definition) is 2. The van der Waals surface area contributed by atoms with Crippen LogP contribution >= 0.6 is 0 Å². The molecule has 0 spiro atoms. The first-order chi connectivity index (χ1) is 8.06. The van der Waals surface area contributed by atoms with Crippen molar-refractivity contribution in [2.24, 2.45) is 0 Å². The van der Waals surface area contributed by atoms with E-state index < -0.39 is 6.10 Å². The average Bonchev–Trinajstić information content (AvgIpc) is 2.25. The molecule has 0 saturated heterocycles. The van der Waals surface area contributed by atoms with E-state index in [-0.39, 0.29) is 5.82 Å². The number of likely N-dealkylation sites (N-methyl/N-ethyl adjacent to an activating group) is 1. The van der Waals surface area contributed by atoms with Gasteiger partial charge in [-0.15, -0.1) is 0 Å². The highest BCUT2D eigenvalue weighted by molar-refractivity contribution is 5.54. The Morgan fingerprint density at radius 1 is 1.47 bits per heavy atom. The van der Waals surface area contributed by atoms with Crippen molar-refractivity contribution in [3.05, 3.63) is 29.6 Å². The maximum absolute atomic E-state index is 13.8. The average molecular weight is 240 g/mol. The van der Waals surface area contributed by atoms with Gasteiger partial charge in [0.05, 0.1) is 11.8 Å². The fraction of sp³-hybridized carbons (Fsp3) is 0.538. The van der Waals surface area contributed by atoms with Gasteiger partial charge in [-0.2, -0.15) is 0 Å². The molecular weight excluding hydrogens is 219 g/mol. The largest absolute Gasteiger partial charge is 0.392 e. The number of aliphatic hydroxyl groups is 1. The lowest BCUT2D eigenvalue weighted by molar-refractivity contribution is 0.201. The van der Waals surface area contributed by atoms with Crippen molar-refractivity contribution in [1.29, 1.82) is 0 Å². The Balaban J connectivity index is 2.93. The molecule has 1 rings (SSSR count). The highest BCUT2D eigenvalue weighted by atomic mass is 19.1. The summed E-state index contributed by atoms with van der Waals surface area (Å²) in [6.07, 6.45) is -0.480. The zero-order chi connectivity index (χ0) is 12.8. The number of nitrogens with zero attached hydrogens (tertiary/aromatic N) is 1. The second kappa shape index (κ2) is 6.57. The lowest BCUT2D eigenvalue weighted by Gasteiger charge is -2.24. The molecule has 0 aliphatic heterocycles. The molecule has 3 nitrogen and oxygen atoms in total. The fourth-order valence-electron chi connectivity index (χ4n) is 1.88. The van der Waals surface area contributed by atoms with Gasteiger partial charge in [-0.3, -0.25) is 0 Å². The number of para-hydroxylation sites is 1. The molecule has 0 aliphatic rings. The van der Waals surface area contributed by atoms with Gasteiger partial charge in [-0.05, 0) is 25.1 Å². The predicted molar refractivity (Wildman–Crippen MR) is 68.7 cm³/mol. The standard InChI is InChI=1S/C13H21FN2O/c1-4-15-8-11-6-5-7-12(14)13(11)16(3)9-10(2)17/h5-7,10,15,17H,4,8-9H2,1-3H3. The number of anilines is 1. The Bertz CT molecular complexity index is 355. The van der Waals surface area contributed by atoms with Crippen molar-refractivity contribution < 1.29 is 9.50 Å². The molecule has 0 aromatic heterocycles. The van der Waals surface area contributed by atoms with Crippen LogP contribution < -0.4 is 10.2 Å². The van der Waals surface area contributed by atoms with Crippen LogP contribution in [0.3, 0.4) is 0 Å². The Morgan fingerprint density at radius 2 is 2.18 bits per heavy atom. The Labute approximate surface area is 102 Å². The normalized spacial score (nSPS) is 12.5. The Morgan fingerprint density at radius 3 is 2.76 bits per heavy atom. The van der Waals surface area contributed by atoms with Gasteiger partial charge in [0.1, 0.15) is 5.82 Å². The van der Waals surface area contributed by atoms with Gasteiger partial charge < -0.3 is 15.3 Å². The molecule has 0 heterocycles. The molecular formula is C13H21FN2O. The van der Waals surface area contributed by atoms with Crippen molar-refractivity contribution in [2.45, 2.75) is 26.5 Å². The molecule has 96 valence electrons. The molecule has 1 aromatic carbocycles. The van der Waals surface area contributed by atoms with Crippen LogP contribution in [0.1, 0.15) is 19.4 Å². The van der Waals surface area contributed by atoms with Gasteiger partial charge >= 0.3 is 0 Å².